The van der Waals surface area contributed by atoms with Gasteiger partial charge in [0.25, 0.3) is 0 Å². The molecule has 1 aliphatic rings. The molecule has 2 rings (SSSR count). The van der Waals surface area contributed by atoms with Crippen LogP contribution in [-0.2, 0) is 6.42 Å². The Morgan fingerprint density at radius 2 is 1.77 bits per heavy atom. The summed E-state index contributed by atoms with van der Waals surface area (Å²) in [4.78, 5) is 2.57. The number of nitrogens with one attached hydrogen (secondary N) is 2. The van der Waals surface area contributed by atoms with Crippen molar-refractivity contribution in [3.8, 4) is 0 Å². The van der Waals surface area contributed by atoms with E-state index in [0.29, 0.717) is 5.11 Å². The topological polar surface area (TPSA) is 27.3 Å². The van der Waals surface area contributed by atoms with Gasteiger partial charge in [-0.2, -0.15) is 0 Å². The van der Waals surface area contributed by atoms with Crippen LogP contribution < -0.4 is 10.6 Å². The highest BCUT2D eigenvalue weighted by atomic mass is 32.1. The van der Waals surface area contributed by atoms with E-state index in [4.69, 9.17) is 12.2 Å². The molecule has 0 unspecified atom stereocenters. The minimum Gasteiger partial charge on any atom is -0.361 e. The Kier molecular flexibility index (Phi) is 6.21. The summed E-state index contributed by atoms with van der Waals surface area (Å²) in [5.74, 6) is 0. The summed E-state index contributed by atoms with van der Waals surface area (Å²) >= 11 is 5.43. The van der Waals surface area contributed by atoms with Gasteiger partial charge in [-0.3, -0.25) is 4.90 Å². The van der Waals surface area contributed by atoms with Crippen molar-refractivity contribution in [2.75, 3.05) is 25.0 Å². The molecule has 1 saturated heterocycles. The molecule has 0 bridgehead atoms. The van der Waals surface area contributed by atoms with Gasteiger partial charge in [0.05, 0.1) is 0 Å². The maximum Gasteiger partial charge on any atom is 0.170 e. The number of aryl methyl sites for hydroxylation is 1. The highest BCUT2D eigenvalue weighted by Crippen LogP contribution is 2.19. The predicted octanol–water partition coefficient (Wildman–Crippen LogP) is 3.80. The number of nitrogens with zero attached hydrogens (tertiary/aromatic N) is 1. The first kappa shape index (κ1) is 17.2. The third kappa shape index (κ3) is 4.96. The maximum atomic E-state index is 5.43. The van der Waals surface area contributed by atoms with Gasteiger partial charge in [0.2, 0.25) is 0 Å². The molecular weight excluding hydrogens is 290 g/mol. The van der Waals surface area contributed by atoms with Gasteiger partial charge in [0.1, 0.15) is 0 Å². The molecule has 0 radical (unpaired) electrons. The monoisotopic (exact) mass is 319 g/mol. The van der Waals surface area contributed by atoms with Crippen LogP contribution in [0.1, 0.15) is 45.6 Å². The normalized spacial score (nSPS) is 16.3. The Bertz CT molecular complexity index is 476. The van der Waals surface area contributed by atoms with Crippen molar-refractivity contribution in [1.82, 2.24) is 10.2 Å². The molecule has 22 heavy (non-hydrogen) atoms. The second-order valence-electron chi connectivity index (χ2n) is 6.72. The van der Waals surface area contributed by atoms with Crippen LogP contribution in [0.4, 0.5) is 5.69 Å². The molecule has 2 N–H and O–H groups in total. The molecule has 0 aliphatic carbocycles. The molecule has 0 spiro atoms. The highest BCUT2D eigenvalue weighted by molar-refractivity contribution is 7.80. The molecule has 0 saturated carbocycles. The number of likely N-dealkylation sites (tertiary alicyclic amines) is 1. The van der Waals surface area contributed by atoms with Crippen LogP contribution in [-0.4, -0.2) is 35.2 Å². The average Bonchev–Trinajstić information content (AvgIpc) is 2.55. The molecular formula is C18H29N3S. The van der Waals surface area contributed by atoms with Crippen LogP contribution in [0.5, 0.6) is 0 Å². The highest BCUT2D eigenvalue weighted by Gasteiger charge is 2.27. The van der Waals surface area contributed by atoms with E-state index in [1.807, 2.05) is 0 Å². The molecule has 0 aromatic heterocycles. The van der Waals surface area contributed by atoms with Gasteiger partial charge in [0, 0.05) is 17.8 Å². The Balaban J connectivity index is 1.80. The zero-order chi connectivity index (χ0) is 16.0. The van der Waals surface area contributed by atoms with Crippen LogP contribution in [0.25, 0.3) is 0 Å². The van der Waals surface area contributed by atoms with Gasteiger partial charge >= 0.3 is 0 Å². The zero-order valence-corrected chi connectivity index (χ0v) is 14.9. The quantitative estimate of drug-likeness (QED) is 0.807. The number of hydrogen-bond acceptors (Lipinski definition) is 2. The summed E-state index contributed by atoms with van der Waals surface area (Å²) in [6.07, 6.45) is 5.06. The average molecular weight is 320 g/mol. The van der Waals surface area contributed by atoms with E-state index in [2.05, 4.69) is 60.6 Å². The summed E-state index contributed by atoms with van der Waals surface area (Å²) in [6, 6.07) is 8.45. The van der Waals surface area contributed by atoms with Crippen molar-refractivity contribution in [2.24, 2.45) is 0 Å². The van der Waals surface area contributed by atoms with E-state index >= 15 is 0 Å². The third-order valence-electron chi connectivity index (χ3n) is 4.51. The van der Waals surface area contributed by atoms with Crippen LogP contribution >= 0.6 is 12.2 Å². The second kappa shape index (κ2) is 7.93. The minimum absolute atomic E-state index is 0.137. The van der Waals surface area contributed by atoms with Crippen LogP contribution in [0.2, 0.25) is 0 Å². The summed E-state index contributed by atoms with van der Waals surface area (Å²) in [5, 5.41) is 7.35. The standard InChI is InChI=1S/C18H29N3S/c1-4-15-8-10-16(11-9-15)20-17(22)19-14-18(2,3)21-12-6-5-7-13-21/h8-11H,4-7,12-14H2,1-3H3,(H2,19,20,22). The van der Waals surface area contributed by atoms with Crippen LogP contribution in [0.15, 0.2) is 24.3 Å². The van der Waals surface area contributed by atoms with Crippen LogP contribution in [0.3, 0.4) is 0 Å². The van der Waals surface area contributed by atoms with Crippen molar-refractivity contribution in [3.05, 3.63) is 29.8 Å². The molecule has 1 fully saturated rings. The lowest BCUT2D eigenvalue weighted by atomic mass is 9.98. The predicted molar refractivity (Wildman–Crippen MR) is 99.5 cm³/mol. The molecule has 1 aliphatic heterocycles. The molecule has 0 amide bonds. The lowest BCUT2D eigenvalue weighted by molar-refractivity contribution is 0.0986. The van der Waals surface area contributed by atoms with Crippen molar-refractivity contribution in [2.45, 2.75) is 52.0 Å². The van der Waals surface area contributed by atoms with E-state index in [-0.39, 0.29) is 5.54 Å². The summed E-state index contributed by atoms with van der Waals surface area (Å²) in [7, 11) is 0. The fraction of sp³-hybridized carbons (Fsp3) is 0.611. The first-order valence-corrected chi connectivity index (χ1v) is 8.81. The van der Waals surface area contributed by atoms with E-state index in [9.17, 15) is 0 Å². The number of thiocarbonyl (C=S) groups is 1. The molecule has 0 atom stereocenters. The number of benzene rings is 1. The summed E-state index contributed by atoms with van der Waals surface area (Å²) in [6.45, 7) is 10.0. The lowest BCUT2D eigenvalue weighted by Crippen LogP contribution is -2.53. The van der Waals surface area contributed by atoms with Gasteiger partial charge in [-0.15, -0.1) is 0 Å². The third-order valence-corrected chi connectivity index (χ3v) is 4.76. The van der Waals surface area contributed by atoms with Crippen molar-refractivity contribution < 1.29 is 0 Å². The molecule has 1 aromatic rings. The van der Waals surface area contributed by atoms with E-state index in [0.717, 1.165) is 18.7 Å². The summed E-state index contributed by atoms with van der Waals surface area (Å²) in [5.41, 5.74) is 2.53. The van der Waals surface area contributed by atoms with Gasteiger partial charge in [-0.25, -0.2) is 0 Å². The zero-order valence-electron chi connectivity index (χ0n) is 14.1. The van der Waals surface area contributed by atoms with E-state index in [1.165, 1.54) is 37.9 Å². The van der Waals surface area contributed by atoms with Crippen molar-refractivity contribution >= 4 is 23.0 Å². The minimum atomic E-state index is 0.137. The Morgan fingerprint density at radius 3 is 2.36 bits per heavy atom. The fourth-order valence-corrected chi connectivity index (χ4v) is 3.10. The van der Waals surface area contributed by atoms with E-state index < -0.39 is 0 Å². The fourth-order valence-electron chi connectivity index (χ4n) is 2.91. The molecule has 1 aromatic carbocycles. The maximum absolute atomic E-state index is 5.43. The van der Waals surface area contributed by atoms with Gasteiger partial charge in [0.15, 0.2) is 5.11 Å². The van der Waals surface area contributed by atoms with Gasteiger partial charge in [-0.1, -0.05) is 25.5 Å². The Labute approximate surface area is 140 Å². The lowest BCUT2D eigenvalue weighted by Gasteiger charge is -2.41. The Morgan fingerprint density at radius 1 is 1.14 bits per heavy atom. The largest absolute Gasteiger partial charge is 0.361 e. The van der Waals surface area contributed by atoms with E-state index in [1.54, 1.807) is 0 Å². The summed E-state index contributed by atoms with van der Waals surface area (Å²) < 4.78 is 0. The number of hydrogen-bond donors (Lipinski definition) is 2. The first-order chi connectivity index (χ1) is 10.5. The van der Waals surface area contributed by atoms with Gasteiger partial charge in [-0.05, 0) is 76.1 Å². The Hall–Kier alpha value is -1.13. The van der Waals surface area contributed by atoms with Crippen molar-refractivity contribution in [3.63, 3.8) is 0 Å². The molecule has 3 nitrogen and oxygen atoms in total. The number of rotatable bonds is 5. The van der Waals surface area contributed by atoms with Crippen LogP contribution in [0, 0.1) is 0 Å². The smallest absolute Gasteiger partial charge is 0.170 e. The van der Waals surface area contributed by atoms with Crippen molar-refractivity contribution in [1.29, 1.82) is 0 Å². The number of anilines is 1. The first-order valence-electron chi connectivity index (χ1n) is 8.40. The molecule has 1 heterocycles. The SMILES string of the molecule is CCc1ccc(NC(=S)NCC(C)(C)N2CCCCC2)cc1. The second-order valence-corrected chi connectivity index (χ2v) is 7.13. The molecule has 122 valence electrons. The van der Waals surface area contributed by atoms with Gasteiger partial charge < -0.3 is 10.6 Å². The molecule has 4 heteroatoms. The number of piperidine rings is 1.